The van der Waals surface area contributed by atoms with Gasteiger partial charge in [0.15, 0.2) is 0 Å². The van der Waals surface area contributed by atoms with Crippen LogP contribution in [-0.4, -0.2) is 28.4 Å². The van der Waals surface area contributed by atoms with Crippen molar-refractivity contribution in [1.82, 2.24) is 9.88 Å². The number of hydrogen-bond acceptors (Lipinski definition) is 3. The Labute approximate surface area is 165 Å². The zero-order valence-corrected chi connectivity index (χ0v) is 16.0. The van der Waals surface area contributed by atoms with Crippen molar-refractivity contribution in [3.63, 3.8) is 0 Å². The molecule has 3 aromatic rings. The zero-order valence-electron chi connectivity index (χ0n) is 16.0. The number of benzene rings is 2. The predicted octanol–water partition coefficient (Wildman–Crippen LogP) is 4.36. The fourth-order valence-corrected chi connectivity index (χ4v) is 4.45. The molecule has 2 aromatic carbocycles. The molecule has 28 heavy (non-hydrogen) atoms. The summed E-state index contributed by atoms with van der Waals surface area (Å²) in [6, 6.07) is 21.1. The normalized spacial score (nSPS) is 18.0. The maximum atomic E-state index is 13.0. The number of pyridine rings is 1. The molecule has 1 amide bonds. The predicted molar refractivity (Wildman–Crippen MR) is 111 cm³/mol. The highest BCUT2D eigenvalue weighted by Crippen LogP contribution is 2.37. The van der Waals surface area contributed by atoms with E-state index in [1.165, 1.54) is 22.4 Å². The minimum atomic E-state index is 0.0101. The molecule has 0 saturated heterocycles. The second kappa shape index (κ2) is 6.79. The Morgan fingerprint density at radius 1 is 0.964 bits per heavy atom. The number of para-hydroxylation sites is 1. The molecule has 0 fully saturated rings. The van der Waals surface area contributed by atoms with Crippen molar-refractivity contribution in [3.8, 4) is 0 Å². The van der Waals surface area contributed by atoms with Gasteiger partial charge in [-0.2, -0.15) is 0 Å². The molecule has 140 valence electrons. The standard InChI is InChI=1S/C24H23N3O/c1-17-14-19-7-4-5-9-23(19)27(17)21-10-11-22(25-15-21)24(28)26-13-12-18-6-2-3-8-20(18)16-26/h2-11,15,17H,12-14,16H2,1H3. The van der Waals surface area contributed by atoms with Gasteiger partial charge < -0.3 is 9.80 Å². The topological polar surface area (TPSA) is 36.4 Å². The van der Waals surface area contributed by atoms with Crippen molar-refractivity contribution in [2.45, 2.75) is 32.4 Å². The molecule has 3 heterocycles. The van der Waals surface area contributed by atoms with E-state index >= 15 is 0 Å². The van der Waals surface area contributed by atoms with E-state index in [1.807, 2.05) is 29.3 Å². The first-order chi connectivity index (χ1) is 13.7. The quantitative estimate of drug-likeness (QED) is 0.673. The number of carbonyl (C=O) groups excluding carboxylic acids is 1. The number of rotatable bonds is 2. The van der Waals surface area contributed by atoms with Crippen molar-refractivity contribution in [2.24, 2.45) is 0 Å². The van der Waals surface area contributed by atoms with Gasteiger partial charge in [0.05, 0.1) is 11.9 Å². The number of anilines is 2. The molecule has 4 nitrogen and oxygen atoms in total. The first-order valence-corrected chi connectivity index (χ1v) is 9.90. The van der Waals surface area contributed by atoms with Gasteiger partial charge in [-0.15, -0.1) is 0 Å². The van der Waals surface area contributed by atoms with Gasteiger partial charge in [-0.05, 0) is 54.7 Å². The Balaban J connectivity index is 1.37. The molecular weight excluding hydrogens is 346 g/mol. The minimum Gasteiger partial charge on any atom is -0.337 e. The summed E-state index contributed by atoms with van der Waals surface area (Å²) in [4.78, 5) is 21.7. The van der Waals surface area contributed by atoms with Crippen LogP contribution >= 0.6 is 0 Å². The number of hydrogen-bond donors (Lipinski definition) is 0. The van der Waals surface area contributed by atoms with Gasteiger partial charge in [0, 0.05) is 24.8 Å². The highest BCUT2D eigenvalue weighted by molar-refractivity contribution is 5.92. The maximum absolute atomic E-state index is 13.0. The van der Waals surface area contributed by atoms with E-state index < -0.39 is 0 Å². The summed E-state index contributed by atoms with van der Waals surface area (Å²) in [5.41, 5.74) is 6.74. The average Bonchev–Trinajstić information content (AvgIpc) is 3.08. The van der Waals surface area contributed by atoms with Crippen LogP contribution in [0.15, 0.2) is 66.9 Å². The van der Waals surface area contributed by atoms with E-state index in [1.54, 1.807) is 0 Å². The molecule has 1 unspecified atom stereocenters. The van der Waals surface area contributed by atoms with Crippen molar-refractivity contribution in [3.05, 3.63) is 89.2 Å². The van der Waals surface area contributed by atoms with Gasteiger partial charge in [-0.25, -0.2) is 4.98 Å². The van der Waals surface area contributed by atoms with E-state index in [2.05, 4.69) is 59.3 Å². The Kier molecular flexibility index (Phi) is 4.12. The summed E-state index contributed by atoms with van der Waals surface area (Å²) in [7, 11) is 0. The second-order valence-corrected chi connectivity index (χ2v) is 7.70. The number of aromatic nitrogens is 1. The molecule has 0 aliphatic carbocycles. The fourth-order valence-electron chi connectivity index (χ4n) is 4.45. The lowest BCUT2D eigenvalue weighted by Gasteiger charge is -2.29. The van der Waals surface area contributed by atoms with Gasteiger partial charge in [0.25, 0.3) is 5.91 Å². The van der Waals surface area contributed by atoms with Crippen LogP contribution in [0, 0.1) is 0 Å². The van der Waals surface area contributed by atoms with Crippen LogP contribution in [0.3, 0.4) is 0 Å². The van der Waals surface area contributed by atoms with Gasteiger partial charge in [0.2, 0.25) is 0 Å². The minimum absolute atomic E-state index is 0.0101. The molecule has 0 bridgehead atoms. The fraction of sp³-hybridized carbons (Fsp3) is 0.250. The average molecular weight is 369 g/mol. The second-order valence-electron chi connectivity index (χ2n) is 7.70. The van der Waals surface area contributed by atoms with Gasteiger partial charge >= 0.3 is 0 Å². The maximum Gasteiger partial charge on any atom is 0.272 e. The lowest BCUT2D eigenvalue weighted by Crippen LogP contribution is -2.36. The molecule has 2 aliphatic heterocycles. The van der Waals surface area contributed by atoms with Gasteiger partial charge in [-0.3, -0.25) is 4.79 Å². The molecule has 2 aliphatic rings. The largest absolute Gasteiger partial charge is 0.337 e. The number of fused-ring (bicyclic) bond motifs is 2. The molecule has 4 heteroatoms. The monoisotopic (exact) mass is 369 g/mol. The van der Waals surface area contributed by atoms with Crippen LogP contribution in [0.4, 0.5) is 11.4 Å². The summed E-state index contributed by atoms with van der Waals surface area (Å²) in [6.07, 6.45) is 3.77. The van der Waals surface area contributed by atoms with Crippen LogP contribution in [-0.2, 0) is 19.4 Å². The third-order valence-electron chi connectivity index (χ3n) is 5.87. The number of carbonyl (C=O) groups is 1. The van der Waals surface area contributed by atoms with Crippen LogP contribution in [0.25, 0.3) is 0 Å². The van der Waals surface area contributed by atoms with Gasteiger partial charge in [0.1, 0.15) is 5.69 Å². The van der Waals surface area contributed by atoms with Crippen LogP contribution in [0.1, 0.15) is 34.1 Å². The Hall–Kier alpha value is -3.14. The molecule has 1 atom stereocenters. The Morgan fingerprint density at radius 3 is 2.50 bits per heavy atom. The van der Waals surface area contributed by atoms with Crippen LogP contribution in [0.2, 0.25) is 0 Å². The molecule has 0 spiro atoms. The van der Waals surface area contributed by atoms with Crippen molar-refractivity contribution >= 4 is 17.3 Å². The molecule has 0 radical (unpaired) electrons. The van der Waals surface area contributed by atoms with E-state index in [0.29, 0.717) is 18.3 Å². The van der Waals surface area contributed by atoms with E-state index in [0.717, 1.165) is 25.1 Å². The first kappa shape index (κ1) is 17.0. The zero-order chi connectivity index (χ0) is 19.1. The summed E-state index contributed by atoms with van der Waals surface area (Å²) in [5, 5.41) is 0. The van der Waals surface area contributed by atoms with E-state index in [-0.39, 0.29) is 5.91 Å². The van der Waals surface area contributed by atoms with Crippen molar-refractivity contribution in [1.29, 1.82) is 0 Å². The Bertz CT molecular complexity index is 1030. The summed E-state index contributed by atoms with van der Waals surface area (Å²) >= 11 is 0. The lowest BCUT2D eigenvalue weighted by atomic mass is 10.00. The summed E-state index contributed by atoms with van der Waals surface area (Å²) < 4.78 is 0. The Morgan fingerprint density at radius 2 is 1.71 bits per heavy atom. The third-order valence-corrected chi connectivity index (χ3v) is 5.87. The molecular formula is C24H23N3O. The smallest absolute Gasteiger partial charge is 0.272 e. The summed E-state index contributed by atoms with van der Waals surface area (Å²) in [6.45, 7) is 3.63. The molecule has 0 saturated carbocycles. The third kappa shape index (κ3) is 2.85. The highest BCUT2D eigenvalue weighted by Gasteiger charge is 2.27. The first-order valence-electron chi connectivity index (χ1n) is 9.90. The van der Waals surface area contributed by atoms with E-state index in [9.17, 15) is 4.79 Å². The highest BCUT2D eigenvalue weighted by atomic mass is 16.2. The number of nitrogens with zero attached hydrogens (tertiary/aromatic N) is 3. The number of amides is 1. The molecule has 5 rings (SSSR count). The van der Waals surface area contributed by atoms with Crippen LogP contribution < -0.4 is 4.90 Å². The summed E-state index contributed by atoms with van der Waals surface area (Å²) in [5.74, 6) is 0.0101. The van der Waals surface area contributed by atoms with Crippen LogP contribution in [0.5, 0.6) is 0 Å². The molecule has 1 aromatic heterocycles. The lowest BCUT2D eigenvalue weighted by molar-refractivity contribution is 0.0729. The molecule has 0 N–H and O–H groups in total. The SMILES string of the molecule is CC1Cc2ccccc2N1c1ccc(C(=O)N2CCc3ccccc3C2)nc1. The van der Waals surface area contributed by atoms with E-state index in [4.69, 9.17) is 0 Å². The van der Waals surface area contributed by atoms with Gasteiger partial charge in [-0.1, -0.05) is 42.5 Å². The van der Waals surface area contributed by atoms with Crippen molar-refractivity contribution in [2.75, 3.05) is 11.4 Å². The van der Waals surface area contributed by atoms with Crippen molar-refractivity contribution < 1.29 is 4.79 Å².